The fourth-order valence-electron chi connectivity index (χ4n) is 2.91. The number of alkyl halides is 3. The molecule has 1 aliphatic carbocycles. The molecule has 164 valence electrons. The van der Waals surface area contributed by atoms with E-state index in [2.05, 4.69) is 16.0 Å². The summed E-state index contributed by atoms with van der Waals surface area (Å²) in [6.45, 7) is -0.415. The maximum Gasteiger partial charge on any atom is 0.416 e. The summed E-state index contributed by atoms with van der Waals surface area (Å²) in [4.78, 5) is 36.9. The van der Waals surface area contributed by atoms with Crippen LogP contribution in [0.3, 0.4) is 0 Å². The van der Waals surface area contributed by atoms with Gasteiger partial charge in [-0.3, -0.25) is 14.4 Å². The quantitative estimate of drug-likeness (QED) is 0.598. The summed E-state index contributed by atoms with van der Waals surface area (Å²) in [5.41, 5.74) is -0.00660. The predicted molar refractivity (Wildman–Crippen MR) is 107 cm³/mol. The van der Waals surface area contributed by atoms with Crippen molar-refractivity contribution in [1.29, 1.82) is 0 Å². The molecule has 0 aliphatic heterocycles. The number of halogens is 3. The van der Waals surface area contributed by atoms with Crippen LogP contribution in [0.15, 0.2) is 54.6 Å². The summed E-state index contributed by atoms with van der Waals surface area (Å²) in [5.74, 6) is -1.56. The number of hydrogen-bond donors (Lipinski definition) is 3. The molecule has 1 saturated carbocycles. The maximum atomic E-state index is 12.6. The largest absolute Gasteiger partial charge is 0.416 e. The van der Waals surface area contributed by atoms with Gasteiger partial charge in [-0.05, 0) is 42.7 Å². The molecule has 3 amide bonds. The van der Waals surface area contributed by atoms with Crippen LogP contribution in [0.25, 0.3) is 0 Å². The minimum absolute atomic E-state index is 0.00638. The lowest BCUT2D eigenvalue weighted by molar-refractivity contribution is -0.137. The van der Waals surface area contributed by atoms with Crippen molar-refractivity contribution in [2.45, 2.75) is 37.5 Å². The van der Waals surface area contributed by atoms with Gasteiger partial charge in [0.15, 0.2) is 0 Å². The fourth-order valence-corrected chi connectivity index (χ4v) is 2.91. The third-order valence-electron chi connectivity index (χ3n) is 4.74. The molecular weight excluding hydrogens is 411 g/mol. The summed E-state index contributed by atoms with van der Waals surface area (Å²) < 4.78 is 37.8. The van der Waals surface area contributed by atoms with E-state index in [9.17, 15) is 27.6 Å². The van der Waals surface area contributed by atoms with E-state index in [1.54, 1.807) is 0 Å². The number of nitrogens with one attached hydrogen (secondary N) is 3. The van der Waals surface area contributed by atoms with Crippen LogP contribution in [0.5, 0.6) is 0 Å². The van der Waals surface area contributed by atoms with Gasteiger partial charge in [0.25, 0.3) is 5.91 Å². The van der Waals surface area contributed by atoms with Crippen LogP contribution < -0.4 is 16.0 Å². The van der Waals surface area contributed by atoms with Crippen molar-refractivity contribution in [1.82, 2.24) is 16.0 Å². The van der Waals surface area contributed by atoms with Crippen molar-refractivity contribution in [3.8, 4) is 0 Å². The average Bonchev–Trinajstić information content (AvgIpc) is 3.55. The molecule has 2 aromatic rings. The van der Waals surface area contributed by atoms with Crippen LogP contribution >= 0.6 is 0 Å². The van der Waals surface area contributed by atoms with Crippen LogP contribution in [0.2, 0.25) is 0 Å². The van der Waals surface area contributed by atoms with Gasteiger partial charge in [0.2, 0.25) is 11.8 Å². The molecule has 0 heterocycles. The van der Waals surface area contributed by atoms with E-state index < -0.39 is 36.1 Å². The first-order valence-corrected chi connectivity index (χ1v) is 9.81. The first kappa shape index (κ1) is 22.3. The van der Waals surface area contributed by atoms with Crippen molar-refractivity contribution in [3.63, 3.8) is 0 Å². The molecule has 0 spiro atoms. The summed E-state index contributed by atoms with van der Waals surface area (Å²) in [6, 6.07) is 12.2. The lowest BCUT2D eigenvalue weighted by atomic mass is 10.1. The SMILES string of the molecule is O=C(CNC(=O)c1ccc(C(F)(F)F)cc1)NC(Cc1ccccc1)C(=O)NC1CC1. The minimum Gasteiger partial charge on any atom is -0.352 e. The van der Waals surface area contributed by atoms with E-state index >= 15 is 0 Å². The average molecular weight is 433 g/mol. The number of amides is 3. The number of hydrogen-bond acceptors (Lipinski definition) is 3. The van der Waals surface area contributed by atoms with Crippen LogP contribution in [0.4, 0.5) is 13.2 Å². The molecule has 3 N–H and O–H groups in total. The van der Waals surface area contributed by atoms with E-state index in [4.69, 9.17) is 0 Å². The lowest BCUT2D eigenvalue weighted by Crippen LogP contribution is -2.51. The zero-order chi connectivity index (χ0) is 22.4. The van der Waals surface area contributed by atoms with Crippen molar-refractivity contribution >= 4 is 17.7 Å². The Morgan fingerprint density at radius 2 is 1.61 bits per heavy atom. The smallest absolute Gasteiger partial charge is 0.352 e. The van der Waals surface area contributed by atoms with Crippen molar-refractivity contribution < 1.29 is 27.6 Å². The number of benzene rings is 2. The third kappa shape index (κ3) is 6.84. The van der Waals surface area contributed by atoms with Gasteiger partial charge in [0.1, 0.15) is 6.04 Å². The van der Waals surface area contributed by atoms with Gasteiger partial charge in [0, 0.05) is 18.0 Å². The first-order valence-electron chi connectivity index (χ1n) is 9.81. The van der Waals surface area contributed by atoms with E-state index in [0.717, 1.165) is 42.7 Å². The normalized spacial score (nSPS) is 14.4. The summed E-state index contributed by atoms with van der Waals surface area (Å²) in [6.07, 6.45) is -2.40. The molecule has 3 rings (SSSR count). The van der Waals surface area contributed by atoms with Crippen molar-refractivity contribution in [2.75, 3.05) is 6.54 Å². The second-order valence-corrected chi connectivity index (χ2v) is 7.35. The highest BCUT2D eigenvalue weighted by Gasteiger charge is 2.30. The van der Waals surface area contributed by atoms with Crippen LogP contribution in [0, 0.1) is 0 Å². The summed E-state index contributed by atoms with van der Waals surface area (Å²) in [5, 5.41) is 7.83. The summed E-state index contributed by atoms with van der Waals surface area (Å²) in [7, 11) is 0. The molecule has 0 radical (unpaired) electrons. The van der Waals surface area contributed by atoms with E-state index in [0.29, 0.717) is 0 Å². The lowest BCUT2D eigenvalue weighted by Gasteiger charge is -2.19. The molecule has 1 atom stereocenters. The number of carbonyl (C=O) groups is 3. The first-order chi connectivity index (χ1) is 14.7. The highest BCUT2D eigenvalue weighted by molar-refractivity contribution is 5.97. The molecule has 1 aliphatic rings. The van der Waals surface area contributed by atoms with Crippen molar-refractivity contribution in [3.05, 3.63) is 71.3 Å². The molecule has 1 fully saturated rings. The Kier molecular flexibility index (Phi) is 6.94. The molecule has 9 heteroatoms. The summed E-state index contributed by atoms with van der Waals surface area (Å²) >= 11 is 0. The number of carbonyl (C=O) groups excluding carboxylic acids is 3. The Bertz CT molecular complexity index is 927. The highest BCUT2D eigenvalue weighted by atomic mass is 19.4. The van der Waals surface area contributed by atoms with Gasteiger partial charge in [-0.2, -0.15) is 13.2 Å². The van der Waals surface area contributed by atoms with Gasteiger partial charge >= 0.3 is 6.18 Å². The van der Waals surface area contributed by atoms with E-state index in [-0.39, 0.29) is 23.9 Å². The topological polar surface area (TPSA) is 87.3 Å². The van der Waals surface area contributed by atoms with Crippen molar-refractivity contribution in [2.24, 2.45) is 0 Å². The Morgan fingerprint density at radius 3 is 2.19 bits per heavy atom. The molecule has 0 saturated heterocycles. The monoisotopic (exact) mass is 433 g/mol. The maximum absolute atomic E-state index is 12.6. The third-order valence-corrected chi connectivity index (χ3v) is 4.74. The number of rotatable bonds is 8. The zero-order valence-corrected chi connectivity index (χ0v) is 16.5. The molecule has 6 nitrogen and oxygen atoms in total. The fraction of sp³-hybridized carbons (Fsp3) is 0.318. The zero-order valence-electron chi connectivity index (χ0n) is 16.5. The van der Waals surface area contributed by atoms with Gasteiger partial charge in [-0.25, -0.2) is 0 Å². The van der Waals surface area contributed by atoms with Gasteiger partial charge < -0.3 is 16.0 Å². The second kappa shape index (κ2) is 9.63. The Hall–Kier alpha value is -3.36. The molecule has 0 aromatic heterocycles. The van der Waals surface area contributed by atoms with E-state index in [1.807, 2.05) is 30.3 Å². The Morgan fingerprint density at radius 1 is 0.968 bits per heavy atom. The van der Waals surface area contributed by atoms with Crippen LogP contribution in [-0.4, -0.2) is 36.3 Å². The molecular formula is C22H22F3N3O3. The van der Waals surface area contributed by atoms with Crippen LogP contribution in [0.1, 0.15) is 34.3 Å². The van der Waals surface area contributed by atoms with Gasteiger partial charge in [-0.1, -0.05) is 30.3 Å². The predicted octanol–water partition coefficient (Wildman–Crippen LogP) is 2.44. The minimum atomic E-state index is -4.50. The highest BCUT2D eigenvalue weighted by Crippen LogP contribution is 2.29. The second-order valence-electron chi connectivity index (χ2n) is 7.35. The Balaban J connectivity index is 1.55. The molecule has 2 aromatic carbocycles. The van der Waals surface area contributed by atoms with Gasteiger partial charge in [-0.15, -0.1) is 0 Å². The Labute approximate surface area is 177 Å². The molecule has 1 unspecified atom stereocenters. The van der Waals surface area contributed by atoms with Gasteiger partial charge in [0.05, 0.1) is 12.1 Å². The molecule has 31 heavy (non-hydrogen) atoms. The van der Waals surface area contributed by atoms with E-state index in [1.165, 1.54) is 0 Å². The van der Waals surface area contributed by atoms with Crippen LogP contribution in [-0.2, 0) is 22.2 Å². The standard InChI is InChI=1S/C22H22F3N3O3/c23-22(24,25)16-8-6-15(7-9-16)20(30)26-13-19(29)28-18(21(31)27-17-10-11-17)12-14-4-2-1-3-5-14/h1-9,17-18H,10-13H2,(H,26,30)(H,27,31)(H,28,29). The molecule has 0 bridgehead atoms.